The molecule has 120 valence electrons. The maximum atomic E-state index is 12.6. The number of amides is 3. The number of carbonyl (C=O) groups is 2. The van der Waals surface area contributed by atoms with Crippen molar-refractivity contribution >= 4 is 21.8 Å². The average Bonchev–Trinajstić information content (AvgIpc) is 2.67. The van der Waals surface area contributed by atoms with Crippen molar-refractivity contribution in [2.45, 2.75) is 37.1 Å². The number of hydrogen-bond donors (Lipinski definition) is 1. The SMILES string of the molecule is CCCCN1C(=O)NC(C)(c2ccc(S(C)(=O)=O)cc2)C1=O. The van der Waals surface area contributed by atoms with Crippen LogP contribution in [0.2, 0.25) is 0 Å². The van der Waals surface area contributed by atoms with Crippen LogP contribution in [0.3, 0.4) is 0 Å². The maximum Gasteiger partial charge on any atom is 0.325 e. The topological polar surface area (TPSA) is 83.6 Å². The highest BCUT2D eigenvalue weighted by Gasteiger charge is 2.48. The standard InChI is InChI=1S/C15H20N2O4S/c1-4-5-10-17-13(18)15(2,16-14(17)19)11-6-8-12(9-7-11)22(3,20)21/h6-9H,4-5,10H2,1-3H3,(H,16,19). The Morgan fingerprint density at radius 1 is 1.18 bits per heavy atom. The molecular weight excluding hydrogens is 304 g/mol. The molecule has 7 heteroatoms. The van der Waals surface area contributed by atoms with Gasteiger partial charge in [-0.15, -0.1) is 0 Å². The molecule has 0 aliphatic carbocycles. The molecule has 1 unspecified atom stereocenters. The molecule has 1 aromatic carbocycles. The van der Waals surface area contributed by atoms with E-state index < -0.39 is 21.4 Å². The zero-order valence-electron chi connectivity index (χ0n) is 12.9. The summed E-state index contributed by atoms with van der Waals surface area (Å²) in [5.74, 6) is -0.307. The van der Waals surface area contributed by atoms with Gasteiger partial charge in [0, 0.05) is 12.8 Å². The predicted octanol–water partition coefficient (Wildman–Crippen LogP) is 1.66. The van der Waals surface area contributed by atoms with Crippen molar-refractivity contribution in [2.75, 3.05) is 12.8 Å². The highest BCUT2D eigenvalue weighted by Crippen LogP contribution is 2.29. The summed E-state index contributed by atoms with van der Waals surface area (Å²) in [6.07, 6.45) is 2.76. The monoisotopic (exact) mass is 324 g/mol. The fraction of sp³-hybridized carbons (Fsp3) is 0.467. The van der Waals surface area contributed by atoms with Gasteiger partial charge in [0.15, 0.2) is 9.84 Å². The lowest BCUT2D eigenvalue weighted by Gasteiger charge is -2.22. The Morgan fingerprint density at radius 2 is 1.77 bits per heavy atom. The van der Waals surface area contributed by atoms with Gasteiger partial charge in [0.1, 0.15) is 5.54 Å². The van der Waals surface area contributed by atoms with Gasteiger partial charge in [-0.25, -0.2) is 13.2 Å². The molecule has 0 bridgehead atoms. The van der Waals surface area contributed by atoms with E-state index in [1.54, 1.807) is 19.1 Å². The summed E-state index contributed by atoms with van der Waals surface area (Å²) in [6, 6.07) is 5.62. The summed E-state index contributed by atoms with van der Waals surface area (Å²) in [4.78, 5) is 26.0. The van der Waals surface area contributed by atoms with Crippen LogP contribution in [0.5, 0.6) is 0 Å². The van der Waals surface area contributed by atoms with E-state index in [4.69, 9.17) is 0 Å². The predicted molar refractivity (Wildman–Crippen MR) is 82.1 cm³/mol. The smallest absolute Gasteiger partial charge is 0.319 e. The highest BCUT2D eigenvalue weighted by molar-refractivity contribution is 7.90. The van der Waals surface area contributed by atoms with Crippen molar-refractivity contribution in [2.24, 2.45) is 0 Å². The Kier molecular flexibility index (Phi) is 4.28. The van der Waals surface area contributed by atoms with Crippen molar-refractivity contribution in [1.29, 1.82) is 0 Å². The normalized spacial score (nSPS) is 22.0. The molecule has 0 radical (unpaired) electrons. The molecule has 3 amide bonds. The van der Waals surface area contributed by atoms with Crippen LogP contribution in [-0.4, -0.2) is 38.1 Å². The third kappa shape index (κ3) is 2.85. The van der Waals surface area contributed by atoms with Crippen molar-refractivity contribution in [3.63, 3.8) is 0 Å². The van der Waals surface area contributed by atoms with E-state index in [9.17, 15) is 18.0 Å². The molecular formula is C15H20N2O4S. The molecule has 2 rings (SSSR count). The number of sulfone groups is 1. The number of unbranched alkanes of at least 4 members (excludes halogenated alkanes) is 1. The lowest BCUT2D eigenvalue weighted by atomic mass is 9.92. The van der Waals surface area contributed by atoms with Gasteiger partial charge in [-0.2, -0.15) is 0 Å². The quantitative estimate of drug-likeness (QED) is 0.835. The third-order valence-corrected chi connectivity index (χ3v) is 5.00. The average molecular weight is 324 g/mol. The highest BCUT2D eigenvalue weighted by atomic mass is 32.2. The van der Waals surface area contributed by atoms with Gasteiger partial charge in [-0.3, -0.25) is 9.69 Å². The van der Waals surface area contributed by atoms with Crippen LogP contribution in [-0.2, 0) is 20.2 Å². The number of urea groups is 1. The van der Waals surface area contributed by atoms with Crippen LogP contribution >= 0.6 is 0 Å². The van der Waals surface area contributed by atoms with Crippen molar-refractivity contribution in [1.82, 2.24) is 10.2 Å². The van der Waals surface area contributed by atoms with Crippen molar-refractivity contribution in [3.05, 3.63) is 29.8 Å². The van der Waals surface area contributed by atoms with Gasteiger partial charge in [-0.1, -0.05) is 25.5 Å². The van der Waals surface area contributed by atoms with E-state index in [-0.39, 0.29) is 10.8 Å². The Balaban J connectivity index is 2.31. The second-order valence-electron chi connectivity index (χ2n) is 5.66. The van der Waals surface area contributed by atoms with E-state index in [2.05, 4.69) is 5.32 Å². The van der Waals surface area contributed by atoms with E-state index in [0.717, 1.165) is 19.1 Å². The molecule has 1 fully saturated rings. The Hall–Kier alpha value is -1.89. The first-order valence-electron chi connectivity index (χ1n) is 7.15. The number of carbonyl (C=O) groups excluding carboxylic acids is 2. The van der Waals surface area contributed by atoms with Crippen LogP contribution in [0.25, 0.3) is 0 Å². The van der Waals surface area contributed by atoms with Gasteiger partial charge in [-0.05, 0) is 31.0 Å². The summed E-state index contributed by atoms with van der Waals surface area (Å²) >= 11 is 0. The Bertz CT molecular complexity index is 697. The fourth-order valence-corrected chi connectivity index (χ4v) is 3.08. The first-order chi connectivity index (χ1) is 10.2. The van der Waals surface area contributed by atoms with E-state index in [0.29, 0.717) is 12.1 Å². The molecule has 0 aromatic heterocycles. The lowest BCUT2D eigenvalue weighted by molar-refractivity contribution is -0.131. The third-order valence-electron chi connectivity index (χ3n) is 3.87. The molecule has 6 nitrogen and oxygen atoms in total. The molecule has 1 aliphatic rings. The van der Waals surface area contributed by atoms with Crippen LogP contribution in [0, 0.1) is 0 Å². The molecule has 1 heterocycles. The van der Waals surface area contributed by atoms with Crippen LogP contribution in [0.1, 0.15) is 32.3 Å². The van der Waals surface area contributed by atoms with E-state index in [1.807, 2.05) is 6.92 Å². The number of nitrogens with zero attached hydrogens (tertiary/aromatic N) is 1. The minimum absolute atomic E-state index is 0.180. The summed E-state index contributed by atoms with van der Waals surface area (Å²) in [7, 11) is -3.29. The first-order valence-corrected chi connectivity index (χ1v) is 9.04. The number of rotatable bonds is 5. The molecule has 0 saturated carbocycles. The van der Waals surface area contributed by atoms with Crippen molar-refractivity contribution in [3.8, 4) is 0 Å². The molecule has 0 spiro atoms. The summed E-state index contributed by atoms with van der Waals surface area (Å²) < 4.78 is 23.0. The van der Waals surface area contributed by atoms with Gasteiger partial charge >= 0.3 is 6.03 Å². The molecule has 1 aromatic rings. The first kappa shape index (κ1) is 16.5. The Labute approximate surface area is 130 Å². The van der Waals surface area contributed by atoms with E-state index in [1.165, 1.54) is 17.0 Å². The largest absolute Gasteiger partial charge is 0.325 e. The number of hydrogen-bond acceptors (Lipinski definition) is 4. The maximum absolute atomic E-state index is 12.6. The van der Waals surface area contributed by atoms with Crippen LogP contribution < -0.4 is 5.32 Å². The fourth-order valence-electron chi connectivity index (χ4n) is 2.45. The second kappa shape index (κ2) is 5.72. The molecule has 1 atom stereocenters. The summed E-state index contributed by atoms with van der Waals surface area (Å²) in [5, 5.41) is 2.70. The van der Waals surface area contributed by atoms with Gasteiger partial charge < -0.3 is 5.32 Å². The number of nitrogens with one attached hydrogen (secondary N) is 1. The zero-order valence-corrected chi connectivity index (χ0v) is 13.7. The molecule has 1 saturated heterocycles. The minimum atomic E-state index is -3.29. The zero-order chi connectivity index (χ0) is 16.5. The Morgan fingerprint density at radius 3 is 2.27 bits per heavy atom. The van der Waals surface area contributed by atoms with Gasteiger partial charge in [0.25, 0.3) is 5.91 Å². The second-order valence-corrected chi connectivity index (χ2v) is 7.68. The summed E-state index contributed by atoms with van der Waals surface area (Å²) in [5.41, 5.74) is -0.585. The lowest BCUT2D eigenvalue weighted by Crippen LogP contribution is -2.41. The number of benzene rings is 1. The van der Waals surface area contributed by atoms with Crippen LogP contribution in [0.15, 0.2) is 29.2 Å². The summed E-state index contributed by atoms with van der Waals surface area (Å²) in [6.45, 7) is 4.01. The molecule has 22 heavy (non-hydrogen) atoms. The number of imide groups is 1. The van der Waals surface area contributed by atoms with Crippen molar-refractivity contribution < 1.29 is 18.0 Å². The van der Waals surface area contributed by atoms with E-state index >= 15 is 0 Å². The van der Waals surface area contributed by atoms with Gasteiger partial charge in [0.2, 0.25) is 0 Å². The molecule has 1 aliphatic heterocycles. The molecule has 1 N–H and O–H groups in total. The minimum Gasteiger partial charge on any atom is -0.319 e. The van der Waals surface area contributed by atoms with Gasteiger partial charge in [0.05, 0.1) is 4.90 Å². The van der Waals surface area contributed by atoms with Crippen LogP contribution in [0.4, 0.5) is 4.79 Å².